The van der Waals surface area contributed by atoms with E-state index in [1.54, 1.807) is 49.6 Å². The second-order valence-corrected chi connectivity index (χ2v) is 8.07. The normalized spacial score (nSPS) is 11.4. The fraction of sp³-hybridized carbons (Fsp3) is 0.286. The lowest BCUT2D eigenvalue weighted by atomic mass is 10.0. The zero-order valence-electron chi connectivity index (χ0n) is 20.1. The van der Waals surface area contributed by atoms with Crippen LogP contribution in [-0.4, -0.2) is 43.0 Å². The summed E-state index contributed by atoms with van der Waals surface area (Å²) in [6.45, 7) is 2.08. The van der Waals surface area contributed by atoms with Crippen LogP contribution in [0.4, 0.5) is 4.39 Å². The van der Waals surface area contributed by atoms with E-state index in [0.717, 1.165) is 12.0 Å². The average molecular weight is 479 g/mol. The van der Waals surface area contributed by atoms with Crippen LogP contribution in [0.15, 0.2) is 78.9 Å². The van der Waals surface area contributed by atoms with Crippen LogP contribution in [0.3, 0.4) is 0 Å². The van der Waals surface area contributed by atoms with E-state index in [9.17, 15) is 14.0 Å². The van der Waals surface area contributed by atoms with Crippen molar-refractivity contribution in [1.29, 1.82) is 0 Å². The van der Waals surface area contributed by atoms with Crippen LogP contribution in [0.25, 0.3) is 0 Å². The molecule has 3 aromatic carbocycles. The molecule has 35 heavy (non-hydrogen) atoms. The maximum Gasteiger partial charge on any atom is 0.261 e. The summed E-state index contributed by atoms with van der Waals surface area (Å²) in [6.07, 6.45) is 1.05. The first kappa shape index (κ1) is 25.7. The lowest BCUT2D eigenvalue weighted by Crippen LogP contribution is -2.51. The molecule has 0 aromatic heterocycles. The van der Waals surface area contributed by atoms with E-state index in [4.69, 9.17) is 9.47 Å². The predicted octanol–water partition coefficient (Wildman–Crippen LogP) is 4.38. The number of benzene rings is 3. The number of nitrogens with one attached hydrogen (secondary N) is 1. The van der Waals surface area contributed by atoms with Gasteiger partial charge in [0.2, 0.25) is 5.91 Å². The molecule has 7 heteroatoms. The van der Waals surface area contributed by atoms with E-state index in [1.165, 1.54) is 11.0 Å². The molecule has 3 rings (SSSR count). The minimum atomic E-state index is -0.837. The number of halogens is 1. The Bertz CT molecular complexity index is 1090. The Labute approximate surface area is 205 Å². The zero-order valence-corrected chi connectivity index (χ0v) is 20.1. The van der Waals surface area contributed by atoms with Crippen LogP contribution >= 0.6 is 0 Å². The van der Waals surface area contributed by atoms with Crippen molar-refractivity contribution >= 4 is 11.8 Å². The van der Waals surface area contributed by atoms with Gasteiger partial charge in [0.1, 0.15) is 23.4 Å². The standard InChI is InChI=1S/C28H31FN2O4/c1-3-17-30-28(33)26(18-21-9-5-4-6-10-21)31(19-22-11-7-8-12-25(22)29)27(32)20-35-24-15-13-23(34-2)14-16-24/h4-16,26H,3,17-20H2,1-2H3,(H,30,33)/t26-/m0/s1. The molecule has 184 valence electrons. The van der Waals surface area contributed by atoms with E-state index in [2.05, 4.69) is 5.32 Å². The van der Waals surface area contributed by atoms with Gasteiger partial charge in [-0.25, -0.2) is 4.39 Å². The van der Waals surface area contributed by atoms with Gasteiger partial charge in [-0.15, -0.1) is 0 Å². The van der Waals surface area contributed by atoms with Gasteiger partial charge in [0.15, 0.2) is 6.61 Å². The van der Waals surface area contributed by atoms with Crippen LogP contribution in [0.5, 0.6) is 11.5 Å². The molecule has 1 N–H and O–H groups in total. The SMILES string of the molecule is CCCNC(=O)[C@H](Cc1ccccc1)N(Cc1ccccc1F)C(=O)COc1ccc(OC)cc1. The number of ether oxygens (including phenoxy) is 2. The Morgan fingerprint density at radius 1 is 0.943 bits per heavy atom. The van der Waals surface area contributed by atoms with E-state index >= 15 is 0 Å². The molecular formula is C28H31FN2O4. The van der Waals surface area contributed by atoms with Gasteiger partial charge < -0.3 is 19.7 Å². The Hall–Kier alpha value is -3.87. The van der Waals surface area contributed by atoms with Crippen molar-refractivity contribution in [3.8, 4) is 11.5 Å². The van der Waals surface area contributed by atoms with Crippen molar-refractivity contribution in [3.63, 3.8) is 0 Å². The molecular weight excluding hydrogens is 447 g/mol. The van der Waals surface area contributed by atoms with Gasteiger partial charge in [0, 0.05) is 25.1 Å². The zero-order chi connectivity index (χ0) is 25.0. The van der Waals surface area contributed by atoms with Gasteiger partial charge in [-0.2, -0.15) is 0 Å². The summed E-state index contributed by atoms with van der Waals surface area (Å²) in [4.78, 5) is 28.1. The molecule has 3 aromatic rings. The van der Waals surface area contributed by atoms with E-state index in [-0.39, 0.29) is 19.1 Å². The third-order valence-corrected chi connectivity index (χ3v) is 5.54. The summed E-state index contributed by atoms with van der Waals surface area (Å²) in [5.41, 5.74) is 1.22. The van der Waals surface area contributed by atoms with E-state index in [1.807, 2.05) is 37.3 Å². The molecule has 6 nitrogen and oxygen atoms in total. The van der Waals surface area contributed by atoms with Crippen LogP contribution in [-0.2, 0) is 22.6 Å². The quantitative estimate of drug-likeness (QED) is 0.420. The molecule has 0 fully saturated rings. The maximum absolute atomic E-state index is 14.5. The lowest BCUT2D eigenvalue weighted by Gasteiger charge is -2.31. The highest BCUT2D eigenvalue weighted by molar-refractivity contribution is 5.88. The van der Waals surface area contributed by atoms with Crippen molar-refractivity contribution in [2.75, 3.05) is 20.3 Å². The number of carbonyl (C=O) groups is 2. The predicted molar refractivity (Wildman–Crippen MR) is 133 cm³/mol. The highest BCUT2D eigenvalue weighted by atomic mass is 19.1. The fourth-order valence-corrected chi connectivity index (χ4v) is 3.63. The highest BCUT2D eigenvalue weighted by Gasteiger charge is 2.31. The molecule has 0 saturated heterocycles. The molecule has 2 amide bonds. The molecule has 0 radical (unpaired) electrons. The van der Waals surface area contributed by atoms with Gasteiger partial charge in [0.25, 0.3) is 5.91 Å². The molecule has 0 bridgehead atoms. The topological polar surface area (TPSA) is 67.9 Å². The third-order valence-electron chi connectivity index (χ3n) is 5.54. The molecule has 0 aliphatic rings. The number of nitrogens with zero attached hydrogens (tertiary/aromatic N) is 1. The number of hydrogen-bond donors (Lipinski definition) is 1. The monoisotopic (exact) mass is 478 g/mol. The fourth-order valence-electron chi connectivity index (χ4n) is 3.63. The summed E-state index contributed by atoms with van der Waals surface area (Å²) in [5, 5.41) is 2.89. The molecule has 1 atom stereocenters. The first-order valence-electron chi connectivity index (χ1n) is 11.6. The van der Waals surface area contributed by atoms with E-state index in [0.29, 0.717) is 30.0 Å². The van der Waals surface area contributed by atoms with Gasteiger partial charge in [-0.1, -0.05) is 55.5 Å². The second-order valence-electron chi connectivity index (χ2n) is 8.07. The number of methoxy groups -OCH3 is 1. The summed E-state index contributed by atoms with van der Waals surface area (Å²) >= 11 is 0. The molecule has 0 heterocycles. The van der Waals surface area contributed by atoms with Gasteiger partial charge >= 0.3 is 0 Å². The van der Waals surface area contributed by atoms with Crippen molar-refractivity contribution in [2.45, 2.75) is 32.4 Å². The molecule has 0 unspecified atom stereocenters. The van der Waals surface area contributed by atoms with E-state index < -0.39 is 17.8 Å². The number of hydrogen-bond acceptors (Lipinski definition) is 4. The molecule has 0 spiro atoms. The van der Waals surface area contributed by atoms with Crippen LogP contribution in [0.2, 0.25) is 0 Å². The summed E-state index contributed by atoms with van der Waals surface area (Å²) in [6, 6.07) is 21.7. The van der Waals surface area contributed by atoms with Gasteiger partial charge in [0.05, 0.1) is 7.11 Å². The third kappa shape index (κ3) is 7.57. The van der Waals surface area contributed by atoms with Crippen molar-refractivity contribution in [1.82, 2.24) is 10.2 Å². The molecule has 0 aliphatic carbocycles. The van der Waals surface area contributed by atoms with Crippen LogP contribution in [0, 0.1) is 5.82 Å². The van der Waals surface area contributed by atoms with Crippen LogP contribution in [0.1, 0.15) is 24.5 Å². The minimum Gasteiger partial charge on any atom is -0.497 e. The Kier molecular flexibility index (Phi) is 9.66. The number of rotatable bonds is 12. The average Bonchev–Trinajstić information content (AvgIpc) is 2.89. The molecule has 0 saturated carbocycles. The first-order valence-corrected chi connectivity index (χ1v) is 11.6. The van der Waals surface area contributed by atoms with Gasteiger partial charge in [-0.3, -0.25) is 9.59 Å². The van der Waals surface area contributed by atoms with Crippen LogP contribution < -0.4 is 14.8 Å². The second kappa shape index (κ2) is 13.1. The number of amides is 2. The Morgan fingerprint density at radius 3 is 2.26 bits per heavy atom. The smallest absolute Gasteiger partial charge is 0.261 e. The molecule has 0 aliphatic heterocycles. The van der Waals surface area contributed by atoms with Crippen molar-refractivity contribution in [3.05, 3.63) is 95.8 Å². The van der Waals surface area contributed by atoms with Crippen molar-refractivity contribution < 1.29 is 23.5 Å². The van der Waals surface area contributed by atoms with Crippen molar-refractivity contribution in [2.24, 2.45) is 0 Å². The Balaban J connectivity index is 1.88. The largest absolute Gasteiger partial charge is 0.497 e. The summed E-state index contributed by atoms with van der Waals surface area (Å²) in [7, 11) is 1.57. The minimum absolute atomic E-state index is 0.0610. The summed E-state index contributed by atoms with van der Waals surface area (Å²) < 4.78 is 25.4. The maximum atomic E-state index is 14.5. The Morgan fingerprint density at radius 2 is 1.60 bits per heavy atom. The number of carbonyl (C=O) groups excluding carboxylic acids is 2. The van der Waals surface area contributed by atoms with Gasteiger partial charge in [-0.05, 0) is 42.3 Å². The first-order chi connectivity index (χ1) is 17.0. The highest BCUT2D eigenvalue weighted by Crippen LogP contribution is 2.19. The lowest BCUT2D eigenvalue weighted by molar-refractivity contribution is -0.142. The summed E-state index contributed by atoms with van der Waals surface area (Å²) in [5.74, 6) is 0.00991.